The molecule has 0 heterocycles. The fourth-order valence-electron chi connectivity index (χ4n) is 1.34. The highest BCUT2D eigenvalue weighted by atomic mass is 35.5. The molecule has 0 radical (unpaired) electrons. The quantitative estimate of drug-likeness (QED) is 0.707. The number of halogens is 5. The molecule has 0 spiro atoms. The van der Waals surface area contributed by atoms with Crippen molar-refractivity contribution in [1.29, 1.82) is 0 Å². The Morgan fingerprint density at radius 2 is 1.86 bits per heavy atom. The van der Waals surface area contributed by atoms with Crippen LogP contribution in [0, 0.1) is 0 Å². The summed E-state index contributed by atoms with van der Waals surface area (Å²) in [6.45, 7) is -1.04. The number of aliphatic hydroxyl groups excluding tert-OH is 2. The average Bonchev–Trinajstić information content (AvgIpc) is 2.36. The van der Waals surface area contributed by atoms with E-state index in [2.05, 4.69) is 5.32 Å². The third-order valence-electron chi connectivity index (χ3n) is 2.42. The summed E-state index contributed by atoms with van der Waals surface area (Å²) in [6.07, 6.45) is -8.22. The summed E-state index contributed by atoms with van der Waals surface area (Å²) in [5.74, 6) is 0.301. The Morgan fingerprint density at radius 3 is 2.43 bits per heavy atom. The molecule has 0 amide bonds. The van der Waals surface area contributed by atoms with E-state index in [1.165, 1.54) is 12.1 Å². The smallest absolute Gasteiger partial charge is 0.415 e. The van der Waals surface area contributed by atoms with Crippen molar-refractivity contribution < 1.29 is 28.1 Å². The normalized spacial score (nSPS) is 14.8. The minimum absolute atomic E-state index is 0.168. The zero-order valence-electron chi connectivity index (χ0n) is 10.7. The summed E-state index contributed by atoms with van der Waals surface area (Å²) < 4.78 is 41.3. The van der Waals surface area contributed by atoms with Crippen molar-refractivity contribution in [3.63, 3.8) is 0 Å². The van der Waals surface area contributed by atoms with Crippen molar-refractivity contribution in [2.45, 2.75) is 18.4 Å². The number of alkyl halides is 3. The van der Waals surface area contributed by atoms with Crippen molar-refractivity contribution in [1.82, 2.24) is 5.32 Å². The summed E-state index contributed by atoms with van der Waals surface area (Å²) in [5, 5.41) is 21.3. The van der Waals surface area contributed by atoms with Crippen LogP contribution in [0.5, 0.6) is 5.75 Å². The highest BCUT2D eigenvalue weighted by Gasteiger charge is 2.37. The van der Waals surface area contributed by atoms with Crippen LogP contribution in [0.2, 0.25) is 10.0 Å². The minimum atomic E-state index is -4.69. The van der Waals surface area contributed by atoms with Gasteiger partial charge in [-0.3, -0.25) is 0 Å². The predicted octanol–water partition coefficient (Wildman–Crippen LogP) is 2.25. The van der Waals surface area contributed by atoms with Gasteiger partial charge in [-0.05, 0) is 18.2 Å². The molecule has 1 aromatic rings. The van der Waals surface area contributed by atoms with Crippen LogP contribution < -0.4 is 10.1 Å². The van der Waals surface area contributed by atoms with Crippen LogP contribution in [0.15, 0.2) is 18.2 Å². The van der Waals surface area contributed by atoms with Crippen LogP contribution in [0.1, 0.15) is 0 Å². The molecule has 120 valence electrons. The number of aliphatic hydroxyl groups is 2. The summed E-state index contributed by atoms with van der Waals surface area (Å²) in [6, 6.07) is 4.52. The van der Waals surface area contributed by atoms with E-state index >= 15 is 0 Å². The van der Waals surface area contributed by atoms with Crippen molar-refractivity contribution in [2.75, 3.05) is 19.7 Å². The lowest BCUT2D eigenvalue weighted by molar-refractivity contribution is -0.202. The maximum atomic E-state index is 12.0. The van der Waals surface area contributed by atoms with Gasteiger partial charge in [0.2, 0.25) is 0 Å². The molecule has 3 N–H and O–H groups in total. The minimum Gasteiger partial charge on any atom is -0.489 e. The first-order valence-electron chi connectivity index (χ1n) is 5.91. The second-order valence-corrected chi connectivity index (χ2v) is 5.10. The van der Waals surface area contributed by atoms with Crippen LogP contribution in [-0.2, 0) is 0 Å². The SMILES string of the molecule is OC(CNCC(O)C(F)(F)F)COc1ccc(Cl)cc1Cl. The van der Waals surface area contributed by atoms with Gasteiger partial charge >= 0.3 is 6.18 Å². The second kappa shape index (κ2) is 8.05. The van der Waals surface area contributed by atoms with Gasteiger partial charge in [-0.25, -0.2) is 0 Å². The van der Waals surface area contributed by atoms with Gasteiger partial charge in [-0.15, -0.1) is 0 Å². The molecule has 21 heavy (non-hydrogen) atoms. The molecule has 0 saturated carbocycles. The van der Waals surface area contributed by atoms with E-state index in [-0.39, 0.29) is 18.2 Å². The van der Waals surface area contributed by atoms with Crippen LogP contribution >= 0.6 is 23.2 Å². The van der Waals surface area contributed by atoms with Crippen molar-refractivity contribution in [3.05, 3.63) is 28.2 Å². The number of nitrogens with one attached hydrogen (secondary N) is 1. The van der Waals surface area contributed by atoms with Crippen LogP contribution in [-0.4, -0.2) is 48.3 Å². The van der Waals surface area contributed by atoms with Gasteiger partial charge in [0.15, 0.2) is 6.10 Å². The highest BCUT2D eigenvalue weighted by molar-refractivity contribution is 6.35. The van der Waals surface area contributed by atoms with E-state index in [4.69, 9.17) is 33.0 Å². The Labute approximate surface area is 129 Å². The van der Waals surface area contributed by atoms with Crippen LogP contribution in [0.3, 0.4) is 0 Å². The number of ether oxygens (including phenoxy) is 1. The van der Waals surface area contributed by atoms with Crippen molar-refractivity contribution in [3.8, 4) is 5.75 Å². The Bertz CT molecular complexity index is 460. The number of rotatable bonds is 7. The third-order valence-corrected chi connectivity index (χ3v) is 2.95. The largest absolute Gasteiger partial charge is 0.489 e. The van der Waals surface area contributed by atoms with Gasteiger partial charge in [-0.1, -0.05) is 23.2 Å². The molecular weight excluding hydrogens is 334 g/mol. The molecule has 1 aromatic carbocycles. The predicted molar refractivity (Wildman–Crippen MR) is 72.9 cm³/mol. The van der Waals surface area contributed by atoms with Gasteiger partial charge in [0, 0.05) is 18.1 Å². The number of benzene rings is 1. The lowest BCUT2D eigenvalue weighted by Crippen LogP contribution is -2.41. The molecule has 0 aliphatic carbocycles. The molecule has 0 aromatic heterocycles. The molecule has 2 unspecified atom stereocenters. The van der Waals surface area contributed by atoms with Gasteiger partial charge in [-0.2, -0.15) is 13.2 Å². The Morgan fingerprint density at radius 1 is 1.19 bits per heavy atom. The lowest BCUT2D eigenvalue weighted by atomic mass is 10.3. The number of hydrogen-bond acceptors (Lipinski definition) is 4. The van der Waals surface area contributed by atoms with E-state index in [1.54, 1.807) is 6.07 Å². The van der Waals surface area contributed by atoms with Crippen LogP contribution in [0.25, 0.3) is 0 Å². The molecule has 0 saturated heterocycles. The zero-order chi connectivity index (χ0) is 16.0. The van der Waals surface area contributed by atoms with Crippen molar-refractivity contribution in [2.24, 2.45) is 0 Å². The van der Waals surface area contributed by atoms with E-state index in [9.17, 15) is 18.3 Å². The van der Waals surface area contributed by atoms with Crippen LogP contribution in [0.4, 0.5) is 13.2 Å². The van der Waals surface area contributed by atoms with E-state index in [0.29, 0.717) is 10.8 Å². The second-order valence-electron chi connectivity index (χ2n) is 4.26. The summed E-state index contributed by atoms with van der Waals surface area (Å²) >= 11 is 11.5. The molecule has 0 bridgehead atoms. The molecule has 0 fully saturated rings. The van der Waals surface area contributed by atoms with Gasteiger partial charge in [0.25, 0.3) is 0 Å². The van der Waals surface area contributed by atoms with Gasteiger partial charge in [0.05, 0.1) is 5.02 Å². The maximum Gasteiger partial charge on any atom is 0.415 e. The highest BCUT2D eigenvalue weighted by Crippen LogP contribution is 2.27. The first kappa shape index (κ1) is 18.3. The first-order valence-corrected chi connectivity index (χ1v) is 6.67. The van der Waals surface area contributed by atoms with Gasteiger partial charge in [0.1, 0.15) is 18.5 Å². The average molecular weight is 348 g/mol. The molecule has 0 aliphatic heterocycles. The fourth-order valence-corrected chi connectivity index (χ4v) is 1.80. The summed E-state index contributed by atoms with van der Waals surface area (Å²) in [5.41, 5.74) is 0. The van der Waals surface area contributed by atoms with E-state index < -0.39 is 24.9 Å². The molecule has 1 rings (SSSR count). The van der Waals surface area contributed by atoms with Crippen molar-refractivity contribution >= 4 is 23.2 Å². The lowest BCUT2D eigenvalue weighted by Gasteiger charge is -2.17. The topological polar surface area (TPSA) is 61.7 Å². The fraction of sp³-hybridized carbons (Fsp3) is 0.500. The monoisotopic (exact) mass is 347 g/mol. The Balaban J connectivity index is 2.30. The molecular formula is C12H14Cl2F3NO3. The Kier molecular flexibility index (Phi) is 7.02. The Hall–Kier alpha value is -0.730. The molecule has 0 aliphatic rings. The maximum absolute atomic E-state index is 12.0. The van der Waals surface area contributed by atoms with E-state index in [1.807, 2.05) is 0 Å². The summed E-state index contributed by atoms with van der Waals surface area (Å²) in [4.78, 5) is 0. The number of hydrogen-bond donors (Lipinski definition) is 3. The summed E-state index contributed by atoms with van der Waals surface area (Å²) in [7, 11) is 0. The van der Waals surface area contributed by atoms with E-state index in [0.717, 1.165) is 0 Å². The standard InChI is InChI=1S/C12H14Cl2F3NO3/c13-7-1-2-10(9(14)3-7)21-6-8(19)4-18-5-11(20)12(15,16)17/h1-3,8,11,18-20H,4-6H2. The molecule has 2 atom stereocenters. The molecule has 4 nitrogen and oxygen atoms in total. The van der Waals surface area contributed by atoms with Gasteiger partial charge < -0.3 is 20.3 Å². The zero-order valence-corrected chi connectivity index (χ0v) is 12.2. The first-order chi connectivity index (χ1) is 9.70. The third kappa shape index (κ3) is 6.71. The molecule has 9 heteroatoms.